The van der Waals surface area contributed by atoms with Crippen LogP contribution in [0.1, 0.15) is 66.7 Å². The Morgan fingerprint density at radius 2 is 1.25 bits per heavy atom. The number of hydrogen-bond donors (Lipinski definition) is 3. The van der Waals surface area contributed by atoms with E-state index in [9.17, 15) is 14.4 Å². The molecule has 3 aromatic carbocycles. The van der Waals surface area contributed by atoms with Crippen LogP contribution in [0.15, 0.2) is 116 Å². The lowest BCUT2D eigenvalue weighted by Crippen LogP contribution is -2.42. The van der Waals surface area contributed by atoms with Gasteiger partial charge < -0.3 is 29.8 Å². The number of imidazole rings is 2. The molecule has 12 heteroatoms. The fourth-order valence-corrected chi connectivity index (χ4v) is 7.69. The van der Waals surface area contributed by atoms with Crippen LogP contribution in [0.3, 0.4) is 0 Å². The Hall–Kier alpha value is -6.56. The molecule has 3 amide bonds. The van der Waals surface area contributed by atoms with Crippen LogP contribution in [0, 0.1) is 0 Å². The normalized spacial score (nSPS) is 17.3. The third-order valence-electron chi connectivity index (χ3n) is 10.5. The van der Waals surface area contributed by atoms with Crippen molar-refractivity contribution in [3.63, 3.8) is 0 Å². The van der Waals surface area contributed by atoms with Gasteiger partial charge in [0.05, 0.1) is 49.4 Å². The number of aromatic nitrogens is 5. The third-order valence-corrected chi connectivity index (χ3v) is 10.5. The number of H-pyrrole nitrogens is 2. The minimum absolute atomic E-state index is 0.0681. The van der Waals surface area contributed by atoms with Crippen LogP contribution in [-0.4, -0.2) is 72.8 Å². The minimum atomic E-state index is -0.870. The van der Waals surface area contributed by atoms with Crippen molar-refractivity contribution in [2.75, 3.05) is 20.2 Å². The van der Waals surface area contributed by atoms with Gasteiger partial charge in [0.2, 0.25) is 5.91 Å². The lowest BCUT2D eigenvalue weighted by molar-refractivity contribution is -0.134. The van der Waals surface area contributed by atoms with Crippen LogP contribution in [-0.2, 0) is 20.7 Å². The van der Waals surface area contributed by atoms with Crippen LogP contribution >= 0.6 is 0 Å². The maximum Gasteiger partial charge on any atom is 0.407 e. The summed E-state index contributed by atoms with van der Waals surface area (Å²) in [4.78, 5) is 63.6. The molecule has 278 valence electrons. The van der Waals surface area contributed by atoms with Crippen LogP contribution < -0.4 is 5.32 Å². The molecule has 0 spiro atoms. The van der Waals surface area contributed by atoms with Crippen LogP contribution in [0.5, 0.6) is 0 Å². The molecule has 0 unspecified atom stereocenters. The molecule has 12 nitrogen and oxygen atoms in total. The number of nitrogens with one attached hydrogen (secondary N) is 3. The van der Waals surface area contributed by atoms with E-state index in [2.05, 4.69) is 68.8 Å². The number of rotatable bonds is 10. The molecule has 0 aliphatic carbocycles. The molecule has 55 heavy (non-hydrogen) atoms. The van der Waals surface area contributed by atoms with Crippen LogP contribution in [0.2, 0.25) is 0 Å². The Labute approximate surface area is 319 Å². The molecule has 0 bridgehead atoms. The Morgan fingerprint density at radius 3 is 1.82 bits per heavy atom. The number of nitrogens with zero attached hydrogens (tertiary/aromatic N) is 5. The first-order valence-corrected chi connectivity index (χ1v) is 18.7. The van der Waals surface area contributed by atoms with Crippen molar-refractivity contribution in [2.24, 2.45) is 0 Å². The summed E-state index contributed by atoms with van der Waals surface area (Å²) in [5.74, 6) is 1.38. The molecule has 2 saturated heterocycles. The van der Waals surface area contributed by atoms with E-state index in [1.807, 2.05) is 59.6 Å². The molecule has 0 radical (unpaired) electrons. The average Bonchev–Trinajstić information content (AvgIpc) is 4.08. The Balaban J connectivity index is 0.921. The van der Waals surface area contributed by atoms with Gasteiger partial charge in [0.15, 0.2) is 0 Å². The molecule has 0 saturated carbocycles. The Morgan fingerprint density at radius 1 is 0.709 bits per heavy atom. The summed E-state index contributed by atoms with van der Waals surface area (Å²) >= 11 is 0. The van der Waals surface area contributed by atoms with Gasteiger partial charge in [-0.25, -0.2) is 14.8 Å². The largest absolute Gasteiger partial charge is 0.453 e. The highest BCUT2D eigenvalue weighted by Crippen LogP contribution is 2.35. The van der Waals surface area contributed by atoms with E-state index in [0.29, 0.717) is 17.9 Å². The summed E-state index contributed by atoms with van der Waals surface area (Å²) in [5.41, 5.74) is 7.38. The highest BCUT2D eigenvalue weighted by molar-refractivity contribution is 5.87. The van der Waals surface area contributed by atoms with E-state index in [0.717, 1.165) is 77.4 Å². The summed E-state index contributed by atoms with van der Waals surface area (Å²) in [6.45, 7) is 1.28. The zero-order valence-electron chi connectivity index (χ0n) is 30.5. The lowest BCUT2D eigenvalue weighted by atomic mass is 10.0. The molecule has 6 aromatic rings. The van der Waals surface area contributed by atoms with Crippen LogP contribution in [0.25, 0.3) is 33.6 Å². The fourth-order valence-electron chi connectivity index (χ4n) is 7.69. The zero-order valence-corrected chi connectivity index (χ0v) is 30.5. The van der Waals surface area contributed by atoms with Gasteiger partial charge in [-0.1, -0.05) is 84.9 Å². The van der Waals surface area contributed by atoms with Crippen molar-refractivity contribution in [1.29, 1.82) is 0 Å². The number of carbonyl (C=O) groups excluding carboxylic acids is 3. The van der Waals surface area contributed by atoms with E-state index in [4.69, 9.17) is 14.7 Å². The molecular formula is C43H42N8O4. The molecule has 2 aliphatic rings. The molecule has 3 N–H and O–H groups in total. The zero-order chi connectivity index (χ0) is 37.7. The minimum Gasteiger partial charge on any atom is -0.453 e. The highest BCUT2D eigenvalue weighted by atomic mass is 16.5. The van der Waals surface area contributed by atoms with Gasteiger partial charge >= 0.3 is 6.09 Å². The number of pyridine rings is 1. The topological polar surface area (TPSA) is 149 Å². The van der Waals surface area contributed by atoms with Gasteiger partial charge in [0.1, 0.15) is 17.7 Å². The molecular weight excluding hydrogens is 693 g/mol. The van der Waals surface area contributed by atoms with E-state index >= 15 is 0 Å². The summed E-state index contributed by atoms with van der Waals surface area (Å²) in [7, 11) is 1.29. The summed E-state index contributed by atoms with van der Waals surface area (Å²) < 4.78 is 4.82. The second kappa shape index (κ2) is 15.8. The Kier molecular flexibility index (Phi) is 10.2. The third kappa shape index (κ3) is 7.61. The quantitative estimate of drug-likeness (QED) is 0.135. The van der Waals surface area contributed by atoms with Crippen molar-refractivity contribution < 1.29 is 19.1 Å². The maximum atomic E-state index is 13.9. The van der Waals surface area contributed by atoms with Crippen molar-refractivity contribution in [3.05, 3.63) is 139 Å². The Bertz CT molecular complexity index is 2250. The van der Waals surface area contributed by atoms with E-state index < -0.39 is 12.1 Å². The number of likely N-dealkylation sites (tertiary alicyclic amines) is 2. The number of amides is 3. The van der Waals surface area contributed by atoms with Crippen LogP contribution in [0.4, 0.5) is 4.79 Å². The summed E-state index contributed by atoms with van der Waals surface area (Å²) in [6.07, 6.45) is 8.40. The van der Waals surface area contributed by atoms with Gasteiger partial charge in [-0.2, -0.15) is 0 Å². The number of benzene rings is 3. The monoisotopic (exact) mass is 734 g/mol. The van der Waals surface area contributed by atoms with E-state index in [-0.39, 0.29) is 30.3 Å². The predicted octanol–water partition coefficient (Wildman–Crippen LogP) is 7.20. The SMILES string of the molecule is COC(=O)N[C@@H](C(=O)N1CCC[C@H]1c1ncc(-c2ccc(-c3ccc(-c4cnc([C@@H]5CCCN5C(=O)Cc5ccccn5)[nH]4)cc3)cc2)[nH]1)c1ccccc1. The standard InChI is InChI=1S/C43H42N8O4/c1-55-43(54)49-39(32-9-3-2-4-10-32)42(53)51-24-8-13-37(51)41-46-27-35(48-41)31-20-16-29(17-21-31)28-14-18-30(19-15-28)34-26-45-40(47-34)36-12-7-23-50(36)38(52)25-33-11-5-6-22-44-33/h2-6,9-11,14-22,26-27,36-37,39H,7-8,12-13,23-25H2,1H3,(H,45,47)(H,46,48)(H,49,54)/t36-,37-,39+/m0/s1. The first kappa shape index (κ1) is 35.5. The number of hydrogen-bond acceptors (Lipinski definition) is 7. The van der Waals surface area contributed by atoms with E-state index in [1.165, 1.54) is 7.11 Å². The maximum absolute atomic E-state index is 13.9. The van der Waals surface area contributed by atoms with Gasteiger partial charge in [-0.15, -0.1) is 0 Å². The molecule has 2 fully saturated rings. The van der Waals surface area contributed by atoms with Gasteiger partial charge in [0.25, 0.3) is 5.91 Å². The smallest absolute Gasteiger partial charge is 0.407 e. The van der Waals surface area contributed by atoms with Crippen molar-refractivity contribution in [1.82, 2.24) is 40.0 Å². The number of aromatic amines is 2. The van der Waals surface area contributed by atoms with Gasteiger partial charge in [0, 0.05) is 25.0 Å². The number of ether oxygens (including phenoxy) is 1. The van der Waals surface area contributed by atoms with Crippen molar-refractivity contribution in [2.45, 2.75) is 50.2 Å². The first-order chi connectivity index (χ1) is 26.9. The number of carbonyl (C=O) groups is 3. The van der Waals surface area contributed by atoms with Crippen molar-refractivity contribution >= 4 is 17.9 Å². The van der Waals surface area contributed by atoms with E-state index in [1.54, 1.807) is 17.3 Å². The number of alkyl carbamates (subject to hydrolysis) is 1. The number of methoxy groups -OCH3 is 1. The lowest BCUT2D eigenvalue weighted by Gasteiger charge is -2.28. The second-order valence-electron chi connectivity index (χ2n) is 13.9. The molecule has 5 heterocycles. The molecule has 8 rings (SSSR count). The average molecular weight is 735 g/mol. The van der Waals surface area contributed by atoms with Gasteiger partial charge in [-0.05, 0) is 65.6 Å². The molecule has 3 atom stereocenters. The second-order valence-corrected chi connectivity index (χ2v) is 13.9. The van der Waals surface area contributed by atoms with Crippen molar-refractivity contribution in [3.8, 4) is 33.6 Å². The summed E-state index contributed by atoms with van der Waals surface area (Å²) in [6, 6.07) is 30.3. The van der Waals surface area contributed by atoms with Gasteiger partial charge in [-0.3, -0.25) is 14.6 Å². The predicted molar refractivity (Wildman–Crippen MR) is 207 cm³/mol. The first-order valence-electron chi connectivity index (χ1n) is 18.7. The molecule has 2 aliphatic heterocycles. The highest BCUT2D eigenvalue weighted by Gasteiger charge is 2.37. The molecule has 3 aromatic heterocycles. The summed E-state index contributed by atoms with van der Waals surface area (Å²) in [5, 5.41) is 2.71. The fraction of sp³-hybridized carbons (Fsp3) is 0.256.